The standard InChI is InChI=1S/C18H17F3N2O3/c1-2-3-10-26-17(24)11-6-4-5-7-13(11)22-18(25)23-14-9-8-12(19)15(20)16(14)21/h4-9H,2-3,10H2,1H3,(H2,22,23,25). The molecule has 26 heavy (non-hydrogen) atoms. The molecule has 2 aromatic carbocycles. The Balaban J connectivity index is 2.10. The first-order valence-corrected chi connectivity index (χ1v) is 7.91. The molecule has 8 heteroatoms. The van der Waals surface area contributed by atoms with Crippen molar-refractivity contribution in [2.45, 2.75) is 19.8 Å². The fourth-order valence-corrected chi connectivity index (χ4v) is 2.06. The van der Waals surface area contributed by atoms with Crippen molar-refractivity contribution in [2.24, 2.45) is 0 Å². The molecule has 138 valence electrons. The van der Waals surface area contributed by atoms with Crippen molar-refractivity contribution < 1.29 is 27.5 Å². The molecular weight excluding hydrogens is 349 g/mol. The van der Waals surface area contributed by atoms with E-state index in [1.54, 1.807) is 12.1 Å². The van der Waals surface area contributed by atoms with Crippen molar-refractivity contribution in [3.63, 3.8) is 0 Å². The first kappa shape index (κ1) is 19.3. The van der Waals surface area contributed by atoms with Crippen LogP contribution >= 0.6 is 0 Å². The third-order valence-corrected chi connectivity index (χ3v) is 3.41. The Morgan fingerprint density at radius 3 is 2.38 bits per heavy atom. The van der Waals surface area contributed by atoms with E-state index in [2.05, 4.69) is 10.6 Å². The van der Waals surface area contributed by atoms with Crippen molar-refractivity contribution in [3.8, 4) is 0 Å². The number of urea groups is 1. The average molecular weight is 366 g/mol. The van der Waals surface area contributed by atoms with Gasteiger partial charge in [0.05, 0.1) is 23.5 Å². The van der Waals surface area contributed by atoms with Crippen LogP contribution in [0.25, 0.3) is 0 Å². The van der Waals surface area contributed by atoms with Crippen LogP contribution in [-0.2, 0) is 4.74 Å². The van der Waals surface area contributed by atoms with Crippen molar-refractivity contribution >= 4 is 23.4 Å². The van der Waals surface area contributed by atoms with Gasteiger partial charge in [-0.2, -0.15) is 0 Å². The number of rotatable bonds is 6. The van der Waals surface area contributed by atoms with E-state index in [1.807, 2.05) is 6.92 Å². The van der Waals surface area contributed by atoms with Gasteiger partial charge in [-0.3, -0.25) is 0 Å². The largest absolute Gasteiger partial charge is 0.462 e. The molecule has 0 bridgehead atoms. The van der Waals surface area contributed by atoms with E-state index < -0.39 is 35.1 Å². The molecule has 0 saturated heterocycles. The summed E-state index contributed by atoms with van der Waals surface area (Å²) in [7, 11) is 0. The predicted molar refractivity (Wildman–Crippen MR) is 90.6 cm³/mol. The first-order chi connectivity index (χ1) is 12.4. The van der Waals surface area contributed by atoms with Gasteiger partial charge >= 0.3 is 12.0 Å². The molecule has 2 aromatic rings. The zero-order chi connectivity index (χ0) is 19.1. The SMILES string of the molecule is CCCCOC(=O)c1ccccc1NC(=O)Nc1ccc(F)c(F)c1F. The second-order valence-electron chi connectivity index (χ2n) is 5.34. The van der Waals surface area contributed by atoms with E-state index in [0.29, 0.717) is 12.5 Å². The predicted octanol–water partition coefficient (Wildman–Crippen LogP) is 4.70. The summed E-state index contributed by atoms with van der Waals surface area (Å²) in [6, 6.07) is 6.74. The molecule has 0 atom stereocenters. The minimum absolute atomic E-state index is 0.115. The topological polar surface area (TPSA) is 67.4 Å². The van der Waals surface area contributed by atoms with Crippen molar-refractivity contribution in [2.75, 3.05) is 17.2 Å². The molecule has 0 aliphatic rings. The Morgan fingerprint density at radius 1 is 0.962 bits per heavy atom. The number of halogens is 3. The molecule has 0 unspecified atom stereocenters. The number of nitrogens with one attached hydrogen (secondary N) is 2. The van der Waals surface area contributed by atoms with E-state index in [9.17, 15) is 22.8 Å². The van der Waals surface area contributed by atoms with Gasteiger partial charge in [0.2, 0.25) is 0 Å². The van der Waals surface area contributed by atoms with E-state index >= 15 is 0 Å². The molecular formula is C18H17F3N2O3. The molecule has 0 aliphatic heterocycles. The number of hydrogen-bond donors (Lipinski definition) is 2. The molecule has 0 aromatic heterocycles. The van der Waals surface area contributed by atoms with Crippen LogP contribution in [0, 0.1) is 17.5 Å². The van der Waals surface area contributed by atoms with Crippen LogP contribution in [-0.4, -0.2) is 18.6 Å². The summed E-state index contributed by atoms with van der Waals surface area (Å²) in [6.07, 6.45) is 1.56. The highest BCUT2D eigenvalue weighted by Crippen LogP contribution is 2.21. The highest BCUT2D eigenvalue weighted by Gasteiger charge is 2.17. The normalized spacial score (nSPS) is 10.3. The lowest BCUT2D eigenvalue weighted by atomic mass is 10.2. The molecule has 2 amide bonds. The number of benzene rings is 2. The van der Waals surface area contributed by atoms with Crippen LogP contribution < -0.4 is 10.6 Å². The Labute approximate surface area is 148 Å². The Hall–Kier alpha value is -3.03. The van der Waals surface area contributed by atoms with Gasteiger partial charge in [0.1, 0.15) is 0 Å². The van der Waals surface area contributed by atoms with Crippen LogP contribution in [0.2, 0.25) is 0 Å². The van der Waals surface area contributed by atoms with Crippen molar-refractivity contribution in [1.82, 2.24) is 0 Å². The lowest BCUT2D eigenvalue weighted by Gasteiger charge is -2.12. The third kappa shape index (κ3) is 4.75. The monoisotopic (exact) mass is 366 g/mol. The van der Waals surface area contributed by atoms with Gasteiger partial charge in [0.15, 0.2) is 17.5 Å². The summed E-state index contributed by atoms with van der Waals surface area (Å²) in [4.78, 5) is 24.1. The number of anilines is 2. The highest BCUT2D eigenvalue weighted by atomic mass is 19.2. The lowest BCUT2D eigenvalue weighted by molar-refractivity contribution is 0.0501. The third-order valence-electron chi connectivity index (χ3n) is 3.41. The smallest absolute Gasteiger partial charge is 0.340 e. The summed E-state index contributed by atoms with van der Waals surface area (Å²) in [5, 5.41) is 4.42. The van der Waals surface area contributed by atoms with Gasteiger partial charge in [-0.05, 0) is 30.7 Å². The Morgan fingerprint density at radius 2 is 1.65 bits per heavy atom. The number of carbonyl (C=O) groups is 2. The Kier molecular flexibility index (Phi) is 6.60. The van der Waals surface area contributed by atoms with Crippen LogP contribution in [0.5, 0.6) is 0 Å². The van der Waals surface area contributed by atoms with Gasteiger partial charge in [-0.25, -0.2) is 22.8 Å². The quantitative estimate of drug-likeness (QED) is 0.442. The van der Waals surface area contributed by atoms with Gasteiger partial charge in [-0.15, -0.1) is 0 Å². The average Bonchev–Trinajstić information content (AvgIpc) is 2.63. The number of para-hydroxylation sites is 1. The number of unbranched alkanes of at least 4 members (excludes halogenated alkanes) is 1. The van der Waals surface area contributed by atoms with Crippen LogP contribution in [0.3, 0.4) is 0 Å². The first-order valence-electron chi connectivity index (χ1n) is 7.91. The van der Waals surface area contributed by atoms with Gasteiger partial charge in [0, 0.05) is 0 Å². The molecule has 0 aliphatic carbocycles. The van der Waals surface area contributed by atoms with E-state index in [0.717, 1.165) is 12.5 Å². The molecule has 0 radical (unpaired) electrons. The zero-order valence-corrected chi connectivity index (χ0v) is 13.9. The minimum Gasteiger partial charge on any atom is -0.462 e. The molecule has 0 fully saturated rings. The summed E-state index contributed by atoms with van der Waals surface area (Å²) < 4.78 is 44.8. The second kappa shape index (κ2) is 8.89. The number of carbonyl (C=O) groups excluding carboxylic acids is 2. The summed E-state index contributed by atoms with van der Waals surface area (Å²) in [5.74, 6) is -5.20. The summed E-state index contributed by atoms with van der Waals surface area (Å²) in [6.45, 7) is 2.20. The number of esters is 1. The summed E-state index contributed by atoms with van der Waals surface area (Å²) >= 11 is 0. The fourth-order valence-electron chi connectivity index (χ4n) is 2.06. The highest BCUT2D eigenvalue weighted by molar-refractivity contribution is 6.05. The Bertz CT molecular complexity index is 812. The zero-order valence-electron chi connectivity index (χ0n) is 13.9. The van der Waals surface area contributed by atoms with E-state index in [4.69, 9.17) is 4.74 Å². The van der Waals surface area contributed by atoms with Crippen LogP contribution in [0.4, 0.5) is 29.3 Å². The molecule has 0 heterocycles. The molecule has 0 spiro atoms. The van der Waals surface area contributed by atoms with Crippen molar-refractivity contribution in [3.05, 3.63) is 59.4 Å². The number of hydrogen-bond acceptors (Lipinski definition) is 3. The van der Waals surface area contributed by atoms with Crippen LogP contribution in [0.1, 0.15) is 30.1 Å². The van der Waals surface area contributed by atoms with Gasteiger partial charge in [0.25, 0.3) is 0 Å². The van der Waals surface area contributed by atoms with Crippen LogP contribution in [0.15, 0.2) is 36.4 Å². The maximum Gasteiger partial charge on any atom is 0.340 e. The second-order valence-corrected chi connectivity index (χ2v) is 5.34. The molecule has 2 N–H and O–H groups in total. The summed E-state index contributed by atoms with van der Waals surface area (Å²) in [5.41, 5.74) is -0.289. The molecule has 0 saturated carbocycles. The minimum atomic E-state index is -1.69. The fraction of sp³-hybridized carbons (Fsp3) is 0.222. The maximum absolute atomic E-state index is 13.6. The van der Waals surface area contributed by atoms with Gasteiger partial charge in [-0.1, -0.05) is 25.5 Å². The number of amides is 2. The van der Waals surface area contributed by atoms with E-state index in [1.165, 1.54) is 12.1 Å². The molecule has 2 rings (SSSR count). The lowest BCUT2D eigenvalue weighted by Crippen LogP contribution is -2.22. The molecule has 5 nitrogen and oxygen atoms in total. The van der Waals surface area contributed by atoms with E-state index in [-0.39, 0.29) is 17.9 Å². The maximum atomic E-state index is 13.6. The van der Waals surface area contributed by atoms with Crippen molar-refractivity contribution in [1.29, 1.82) is 0 Å². The van der Waals surface area contributed by atoms with Gasteiger partial charge < -0.3 is 15.4 Å². The number of ether oxygens (including phenoxy) is 1.